The topological polar surface area (TPSA) is 93.9 Å². The maximum absolute atomic E-state index is 12.7. The maximum atomic E-state index is 12.7. The lowest BCUT2D eigenvalue weighted by Gasteiger charge is -2.27. The number of carbonyl (C=O) groups excluding carboxylic acids is 2. The zero-order valence-corrected chi connectivity index (χ0v) is 15.0. The van der Waals surface area contributed by atoms with E-state index in [1.807, 2.05) is 0 Å². The van der Waals surface area contributed by atoms with Gasteiger partial charge >= 0.3 is 5.97 Å². The Morgan fingerprint density at radius 1 is 1.19 bits per heavy atom. The first-order valence-electron chi connectivity index (χ1n) is 8.11. The lowest BCUT2D eigenvalue weighted by molar-refractivity contribution is -0.143. The van der Waals surface area contributed by atoms with Crippen molar-refractivity contribution in [1.82, 2.24) is 0 Å². The second-order valence-corrected chi connectivity index (χ2v) is 7.71. The molecule has 7 nitrogen and oxygen atoms in total. The van der Waals surface area contributed by atoms with Gasteiger partial charge in [-0.05, 0) is 36.4 Å². The molecule has 0 spiro atoms. The van der Waals surface area contributed by atoms with Gasteiger partial charge in [0.15, 0.2) is 16.4 Å². The van der Waals surface area contributed by atoms with Gasteiger partial charge in [-0.15, -0.1) is 0 Å². The predicted octanol–water partition coefficient (Wildman–Crippen LogP) is 2.18. The van der Waals surface area contributed by atoms with Crippen molar-refractivity contribution in [3.63, 3.8) is 0 Å². The Kier molecular flexibility index (Phi) is 5.56. The lowest BCUT2D eigenvalue weighted by Crippen LogP contribution is -2.43. The van der Waals surface area contributed by atoms with Crippen LogP contribution in [0.3, 0.4) is 0 Å². The number of ether oxygens (including phenoxy) is 1. The Hall–Kier alpha value is -3.13. The van der Waals surface area contributed by atoms with E-state index in [1.165, 1.54) is 23.3 Å². The normalized spacial score (nSPS) is 17.9. The number of sulfone groups is 1. The molecule has 0 saturated carbocycles. The van der Waals surface area contributed by atoms with E-state index in [9.17, 15) is 18.0 Å². The average Bonchev–Trinajstić information content (AvgIpc) is 3.29. The van der Waals surface area contributed by atoms with Crippen molar-refractivity contribution in [3.05, 3.63) is 72.0 Å². The van der Waals surface area contributed by atoms with Crippen molar-refractivity contribution < 1.29 is 27.2 Å². The number of furan rings is 1. The van der Waals surface area contributed by atoms with Crippen LogP contribution in [0.15, 0.2) is 70.7 Å². The Morgan fingerprint density at radius 3 is 2.59 bits per heavy atom. The van der Waals surface area contributed by atoms with E-state index in [4.69, 9.17) is 9.15 Å². The second kappa shape index (κ2) is 8.05. The highest BCUT2D eigenvalue weighted by molar-refractivity contribution is 7.94. The molecule has 1 aromatic heterocycles. The average molecular weight is 387 g/mol. The SMILES string of the molecule is O=C(/C=C/c1ccco1)OCC(=O)N(c1ccccc1)[C@H]1C=CS(=O)(=O)C1. The minimum absolute atomic E-state index is 0.208. The first-order valence-corrected chi connectivity index (χ1v) is 9.82. The van der Waals surface area contributed by atoms with Crippen LogP contribution in [0.1, 0.15) is 5.76 Å². The van der Waals surface area contributed by atoms with E-state index in [-0.39, 0.29) is 5.75 Å². The van der Waals surface area contributed by atoms with Gasteiger partial charge in [0.05, 0.1) is 18.1 Å². The monoisotopic (exact) mass is 387 g/mol. The van der Waals surface area contributed by atoms with E-state index in [2.05, 4.69) is 0 Å². The zero-order valence-electron chi connectivity index (χ0n) is 14.2. The summed E-state index contributed by atoms with van der Waals surface area (Å²) in [4.78, 5) is 25.8. The highest BCUT2D eigenvalue weighted by Gasteiger charge is 2.31. The van der Waals surface area contributed by atoms with E-state index in [1.54, 1.807) is 42.5 Å². The van der Waals surface area contributed by atoms with Gasteiger partial charge < -0.3 is 14.1 Å². The van der Waals surface area contributed by atoms with Gasteiger partial charge in [-0.2, -0.15) is 0 Å². The number of anilines is 1. The molecule has 2 heterocycles. The third-order valence-corrected chi connectivity index (χ3v) is 5.19. The number of nitrogens with zero attached hydrogens (tertiary/aromatic N) is 1. The number of amides is 1. The van der Waals surface area contributed by atoms with Gasteiger partial charge in [-0.3, -0.25) is 4.79 Å². The number of carbonyl (C=O) groups is 2. The van der Waals surface area contributed by atoms with Crippen LogP contribution in [0.25, 0.3) is 6.08 Å². The number of benzene rings is 1. The number of esters is 1. The molecule has 0 fully saturated rings. The summed E-state index contributed by atoms with van der Waals surface area (Å²) in [6, 6.07) is 11.3. The van der Waals surface area contributed by atoms with Crippen LogP contribution in [-0.4, -0.2) is 38.7 Å². The molecule has 8 heteroatoms. The summed E-state index contributed by atoms with van der Waals surface area (Å²) in [5.41, 5.74) is 0.524. The van der Waals surface area contributed by atoms with Crippen LogP contribution in [0.5, 0.6) is 0 Å². The first kappa shape index (κ1) is 18.7. The van der Waals surface area contributed by atoms with Crippen molar-refractivity contribution >= 4 is 33.5 Å². The quantitative estimate of drug-likeness (QED) is 0.557. The maximum Gasteiger partial charge on any atom is 0.331 e. The largest absolute Gasteiger partial charge is 0.465 e. The third kappa shape index (κ3) is 4.95. The highest BCUT2D eigenvalue weighted by Crippen LogP contribution is 2.22. The van der Waals surface area contributed by atoms with Gasteiger partial charge in [-0.1, -0.05) is 18.2 Å². The van der Waals surface area contributed by atoms with E-state index >= 15 is 0 Å². The first-order chi connectivity index (χ1) is 12.9. The summed E-state index contributed by atoms with van der Waals surface area (Å²) >= 11 is 0. The molecule has 0 aliphatic carbocycles. The predicted molar refractivity (Wildman–Crippen MR) is 99.3 cm³/mol. The summed E-state index contributed by atoms with van der Waals surface area (Å²) in [6.07, 6.45) is 5.50. The number of para-hydroxylation sites is 1. The Morgan fingerprint density at radius 2 is 1.96 bits per heavy atom. The smallest absolute Gasteiger partial charge is 0.331 e. The lowest BCUT2D eigenvalue weighted by atomic mass is 10.2. The molecule has 3 rings (SSSR count). The minimum Gasteiger partial charge on any atom is -0.465 e. The molecular formula is C19H17NO6S. The Labute approximate surface area is 156 Å². The van der Waals surface area contributed by atoms with Crippen LogP contribution >= 0.6 is 0 Å². The fraction of sp³-hybridized carbons (Fsp3) is 0.158. The van der Waals surface area contributed by atoms with Gasteiger partial charge in [0.1, 0.15) is 5.76 Å². The summed E-state index contributed by atoms with van der Waals surface area (Å²) in [6.45, 7) is -0.513. The van der Waals surface area contributed by atoms with Gasteiger partial charge in [0.25, 0.3) is 5.91 Å². The molecule has 140 valence electrons. The number of hydrogen-bond acceptors (Lipinski definition) is 6. The van der Waals surface area contributed by atoms with Crippen LogP contribution in [0.4, 0.5) is 5.69 Å². The highest BCUT2D eigenvalue weighted by atomic mass is 32.2. The standard InChI is InChI=1S/C19H17NO6S/c21-18(13-26-19(22)9-8-17-7-4-11-25-17)20(15-5-2-1-3-6-15)16-10-12-27(23,24)14-16/h1-12,16H,13-14H2/b9-8+/t16-/m0/s1. The molecule has 1 aliphatic rings. The Balaban J connectivity index is 1.68. The van der Waals surface area contributed by atoms with Gasteiger partial charge in [0, 0.05) is 17.2 Å². The molecule has 27 heavy (non-hydrogen) atoms. The molecule has 0 N–H and O–H groups in total. The fourth-order valence-corrected chi connectivity index (χ4v) is 3.88. The number of rotatable bonds is 6. The van der Waals surface area contributed by atoms with Crippen molar-refractivity contribution in [1.29, 1.82) is 0 Å². The minimum atomic E-state index is -3.35. The van der Waals surface area contributed by atoms with E-state index in [0.29, 0.717) is 11.4 Å². The zero-order chi connectivity index (χ0) is 19.3. The Bertz CT molecular complexity index is 961. The van der Waals surface area contributed by atoms with E-state index in [0.717, 1.165) is 11.5 Å². The van der Waals surface area contributed by atoms with Crippen LogP contribution in [0.2, 0.25) is 0 Å². The van der Waals surface area contributed by atoms with Gasteiger partial charge in [0.2, 0.25) is 0 Å². The van der Waals surface area contributed by atoms with Crippen LogP contribution < -0.4 is 4.90 Å². The molecule has 1 aliphatic heterocycles. The van der Waals surface area contributed by atoms with Crippen LogP contribution in [0, 0.1) is 0 Å². The van der Waals surface area contributed by atoms with Crippen molar-refractivity contribution in [2.24, 2.45) is 0 Å². The third-order valence-electron chi connectivity index (χ3n) is 3.81. The molecule has 2 aromatic rings. The summed E-state index contributed by atoms with van der Waals surface area (Å²) in [5, 5.41) is 1.10. The number of hydrogen-bond donors (Lipinski definition) is 0. The molecule has 0 saturated heterocycles. The van der Waals surface area contributed by atoms with E-state index < -0.39 is 34.4 Å². The molecule has 0 unspecified atom stereocenters. The molecule has 0 bridgehead atoms. The molecule has 1 amide bonds. The second-order valence-electron chi connectivity index (χ2n) is 5.78. The molecular weight excluding hydrogens is 370 g/mol. The summed E-state index contributed by atoms with van der Waals surface area (Å²) < 4.78 is 33.5. The van der Waals surface area contributed by atoms with Gasteiger partial charge in [-0.25, -0.2) is 13.2 Å². The van der Waals surface area contributed by atoms with Crippen molar-refractivity contribution in [3.8, 4) is 0 Å². The fourth-order valence-electron chi connectivity index (χ4n) is 2.62. The molecule has 0 radical (unpaired) electrons. The van der Waals surface area contributed by atoms with Crippen molar-refractivity contribution in [2.75, 3.05) is 17.3 Å². The van der Waals surface area contributed by atoms with Crippen molar-refractivity contribution in [2.45, 2.75) is 6.04 Å². The molecule has 1 aromatic carbocycles. The summed E-state index contributed by atoms with van der Waals surface area (Å²) in [7, 11) is -3.35. The summed E-state index contributed by atoms with van der Waals surface area (Å²) in [5.74, 6) is -0.958. The van der Waals surface area contributed by atoms with Crippen LogP contribution in [-0.2, 0) is 24.2 Å². The molecule has 1 atom stereocenters.